The summed E-state index contributed by atoms with van der Waals surface area (Å²) in [5.41, 5.74) is 8.71. The van der Waals surface area contributed by atoms with Crippen molar-refractivity contribution in [1.82, 2.24) is 5.32 Å². The van der Waals surface area contributed by atoms with Crippen LogP contribution in [-0.2, 0) is 9.59 Å². The molecule has 2 amide bonds. The topological polar surface area (TPSA) is 93.4 Å². The molecule has 7 heteroatoms. The zero-order valence-corrected chi connectivity index (χ0v) is 16.6. The zero-order valence-electron chi connectivity index (χ0n) is 15.7. The Hall–Kier alpha value is -2.73. The van der Waals surface area contributed by atoms with Gasteiger partial charge in [0, 0.05) is 23.9 Å². The highest BCUT2D eigenvalue weighted by molar-refractivity contribution is 5.93. The highest BCUT2D eigenvalue weighted by atomic mass is 35.5. The van der Waals surface area contributed by atoms with E-state index in [4.69, 9.17) is 10.5 Å². The first-order valence-corrected chi connectivity index (χ1v) is 8.55. The van der Waals surface area contributed by atoms with E-state index in [0.717, 1.165) is 11.1 Å². The summed E-state index contributed by atoms with van der Waals surface area (Å²) in [5, 5.41) is 5.70. The Morgan fingerprint density at radius 1 is 1.19 bits per heavy atom. The average Bonchev–Trinajstić information content (AvgIpc) is 2.58. The van der Waals surface area contributed by atoms with Gasteiger partial charge in [-0.1, -0.05) is 24.3 Å². The van der Waals surface area contributed by atoms with E-state index in [1.165, 1.54) is 6.92 Å². The van der Waals surface area contributed by atoms with Gasteiger partial charge in [0.25, 0.3) is 0 Å². The standard InChI is InChI=1S/C20H25N3O3.ClH/c1-4-26-19-8-6-5-7-16(19)18(22-14(3)24)12-20(25)23-17-11-15(21)10-9-13(17)2;/h5-11,18H,4,12,21H2,1-3H3,(H,22,24)(H,23,25);1H. The molecule has 2 rings (SSSR count). The number of carbonyl (C=O) groups is 2. The second kappa shape index (κ2) is 10.4. The molecular formula is C20H26ClN3O3. The molecule has 1 unspecified atom stereocenters. The lowest BCUT2D eigenvalue weighted by Gasteiger charge is -2.21. The van der Waals surface area contributed by atoms with Gasteiger partial charge in [-0.2, -0.15) is 0 Å². The van der Waals surface area contributed by atoms with Gasteiger partial charge in [-0.05, 0) is 37.6 Å². The Kier molecular flexibility index (Phi) is 8.62. The number of anilines is 2. The first-order valence-electron chi connectivity index (χ1n) is 8.55. The molecule has 1 atom stereocenters. The van der Waals surface area contributed by atoms with E-state index in [1.807, 2.05) is 44.2 Å². The van der Waals surface area contributed by atoms with Crippen molar-refractivity contribution in [2.45, 2.75) is 33.2 Å². The lowest BCUT2D eigenvalue weighted by atomic mass is 10.0. The SMILES string of the molecule is CCOc1ccccc1C(CC(=O)Nc1cc(N)ccc1C)NC(C)=O.Cl. The number of ether oxygens (including phenoxy) is 1. The third-order valence-electron chi connectivity index (χ3n) is 3.90. The first kappa shape index (κ1) is 22.3. The molecule has 6 nitrogen and oxygen atoms in total. The Morgan fingerprint density at radius 3 is 2.56 bits per heavy atom. The molecule has 0 bridgehead atoms. The summed E-state index contributed by atoms with van der Waals surface area (Å²) in [4.78, 5) is 24.2. The molecule has 0 saturated carbocycles. The van der Waals surface area contributed by atoms with Crippen molar-refractivity contribution in [3.63, 3.8) is 0 Å². The number of benzene rings is 2. The van der Waals surface area contributed by atoms with Gasteiger partial charge in [0.05, 0.1) is 19.1 Å². The minimum Gasteiger partial charge on any atom is -0.494 e. The molecule has 0 radical (unpaired) electrons. The minimum atomic E-state index is -0.489. The number of amides is 2. The summed E-state index contributed by atoms with van der Waals surface area (Å²) < 4.78 is 5.63. The summed E-state index contributed by atoms with van der Waals surface area (Å²) in [5.74, 6) is 0.222. The van der Waals surface area contributed by atoms with Crippen LogP contribution in [0.15, 0.2) is 42.5 Å². The molecule has 0 aliphatic heterocycles. The molecule has 0 saturated heterocycles. The lowest BCUT2D eigenvalue weighted by molar-refractivity contribution is -0.120. The van der Waals surface area contributed by atoms with Crippen molar-refractivity contribution < 1.29 is 14.3 Å². The third-order valence-corrected chi connectivity index (χ3v) is 3.90. The molecule has 0 fully saturated rings. The number of halogens is 1. The van der Waals surface area contributed by atoms with Crippen molar-refractivity contribution in [1.29, 1.82) is 0 Å². The molecule has 0 heterocycles. The van der Waals surface area contributed by atoms with E-state index >= 15 is 0 Å². The number of rotatable bonds is 7. The van der Waals surface area contributed by atoms with Crippen LogP contribution in [-0.4, -0.2) is 18.4 Å². The molecular weight excluding hydrogens is 366 g/mol. The second-order valence-electron chi connectivity index (χ2n) is 6.05. The molecule has 2 aromatic rings. The summed E-state index contributed by atoms with van der Waals surface area (Å²) in [6.45, 7) is 5.71. The van der Waals surface area contributed by atoms with Crippen LogP contribution >= 0.6 is 12.4 Å². The summed E-state index contributed by atoms with van der Waals surface area (Å²) in [6, 6.07) is 12.2. The molecule has 4 N–H and O–H groups in total. The molecule has 0 aliphatic carbocycles. The van der Waals surface area contributed by atoms with E-state index in [9.17, 15) is 9.59 Å². The van der Waals surface area contributed by atoms with E-state index in [-0.39, 0.29) is 30.6 Å². The smallest absolute Gasteiger partial charge is 0.226 e. The Morgan fingerprint density at radius 2 is 1.89 bits per heavy atom. The number of carbonyl (C=O) groups excluding carboxylic acids is 2. The van der Waals surface area contributed by atoms with Gasteiger partial charge in [0.2, 0.25) is 11.8 Å². The second-order valence-corrected chi connectivity index (χ2v) is 6.05. The van der Waals surface area contributed by atoms with Crippen LogP contribution in [0, 0.1) is 6.92 Å². The van der Waals surface area contributed by atoms with Gasteiger partial charge in [-0.3, -0.25) is 9.59 Å². The van der Waals surface area contributed by atoms with Gasteiger partial charge in [-0.25, -0.2) is 0 Å². The van der Waals surface area contributed by atoms with Gasteiger partial charge in [0.15, 0.2) is 0 Å². The zero-order chi connectivity index (χ0) is 19.1. The molecule has 27 heavy (non-hydrogen) atoms. The van der Waals surface area contributed by atoms with Crippen LogP contribution in [0.4, 0.5) is 11.4 Å². The van der Waals surface area contributed by atoms with E-state index in [1.54, 1.807) is 12.1 Å². The van der Waals surface area contributed by atoms with Crippen LogP contribution in [0.2, 0.25) is 0 Å². The van der Waals surface area contributed by atoms with Crippen LogP contribution in [0.5, 0.6) is 5.75 Å². The quantitative estimate of drug-likeness (QED) is 0.628. The fourth-order valence-corrected chi connectivity index (χ4v) is 2.70. The number of nitrogens with one attached hydrogen (secondary N) is 2. The van der Waals surface area contributed by atoms with Crippen molar-refractivity contribution in [2.75, 3.05) is 17.7 Å². The highest BCUT2D eigenvalue weighted by Gasteiger charge is 2.21. The summed E-state index contributed by atoms with van der Waals surface area (Å²) in [6.07, 6.45) is 0.0813. The van der Waals surface area contributed by atoms with Gasteiger partial charge >= 0.3 is 0 Å². The van der Waals surface area contributed by atoms with E-state index in [2.05, 4.69) is 10.6 Å². The average molecular weight is 392 g/mol. The van der Waals surface area contributed by atoms with Gasteiger partial charge in [-0.15, -0.1) is 12.4 Å². The molecule has 0 spiro atoms. The number of para-hydroxylation sites is 1. The van der Waals surface area contributed by atoms with Crippen LogP contribution < -0.4 is 21.1 Å². The predicted octanol–water partition coefficient (Wildman–Crippen LogP) is 3.60. The molecule has 0 aliphatic rings. The molecule has 0 aromatic heterocycles. The van der Waals surface area contributed by atoms with Gasteiger partial charge in [0.1, 0.15) is 5.75 Å². The van der Waals surface area contributed by atoms with E-state index < -0.39 is 6.04 Å². The largest absolute Gasteiger partial charge is 0.494 e. The first-order chi connectivity index (χ1) is 12.4. The maximum Gasteiger partial charge on any atom is 0.226 e. The van der Waals surface area contributed by atoms with Crippen LogP contribution in [0.3, 0.4) is 0 Å². The third kappa shape index (κ3) is 6.49. The Labute approximate surface area is 165 Å². The Bertz CT molecular complexity index is 796. The van der Waals surface area contributed by atoms with Crippen LogP contribution in [0.25, 0.3) is 0 Å². The fourth-order valence-electron chi connectivity index (χ4n) is 2.70. The Balaban J connectivity index is 0.00000364. The normalized spacial score (nSPS) is 11.1. The summed E-state index contributed by atoms with van der Waals surface area (Å²) in [7, 11) is 0. The minimum absolute atomic E-state index is 0. The highest BCUT2D eigenvalue weighted by Crippen LogP contribution is 2.28. The number of hydrogen-bond acceptors (Lipinski definition) is 4. The van der Waals surface area contributed by atoms with Crippen molar-refractivity contribution in [3.05, 3.63) is 53.6 Å². The monoisotopic (exact) mass is 391 g/mol. The molecule has 2 aromatic carbocycles. The van der Waals surface area contributed by atoms with Crippen molar-refractivity contribution >= 4 is 35.6 Å². The number of nitrogen functional groups attached to an aromatic ring is 1. The van der Waals surface area contributed by atoms with Crippen molar-refractivity contribution in [2.24, 2.45) is 0 Å². The van der Waals surface area contributed by atoms with Crippen molar-refractivity contribution in [3.8, 4) is 5.75 Å². The predicted molar refractivity (Wildman–Crippen MR) is 110 cm³/mol. The number of aryl methyl sites for hydroxylation is 1. The van der Waals surface area contributed by atoms with E-state index in [0.29, 0.717) is 23.7 Å². The summed E-state index contributed by atoms with van der Waals surface area (Å²) >= 11 is 0. The lowest BCUT2D eigenvalue weighted by Crippen LogP contribution is -2.30. The van der Waals surface area contributed by atoms with Crippen LogP contribution in [0.1, 0.15) is 37.4 Å². The maximum atomic E-state index is 12.6. The fraction of sp³-hybridized carbons (Fsp3) is 0.300. The number of nitrogens with two attached hydrogens (primary N) is 1. The molecule has 146 valence electrons. The maximum absolute atomic E-state index is 12.6. The van der Waals surface area contributed by atoms with Gasteiger partial charge < -0.3 is 21.1 Å². The number of hydrogen-bond donors (Lipinski definition) is 3.